The minimum absolute atomic E-state index is 0.0782. The van der Waals surface area contributed by atoms with Crippen LogP contribution < -0.4 is 10.2 Å². The van der Waals surface area contributed by atoms with Crippen molar-refractivity contribution < 1.29 is 29.1 Å². The maximum absolute atomic E-state index is 13.9. The minimum atomic E-state index is -0.995. The van der Waals surface area contributed by atoms with Crippen LogP contribution in [0.15, 0.2) is 84.9 Å². The Morgan fingerprint density at radius 3 is 2.17 bits per heavy atom. The summed E-state index contributed by atoms with van der Waals surface area (Å²) in [6.45, 7) is 6.07. The molecule has 5 heterocycles. The molecule has 59 heavy (non-hydrogen) atoms. The van der Waals surface area contributed by atoms with E-state index in [9.17, 15) is 29.1 Å². The molecule has 2 N–H and O–H groups in total. The maximum atomic E-state index is 13.9. The van der Waals surface area contributed by atoms with Gasteiger partial charge in [0, 0.05) is 56.8 Å². The van der Waals surface area contributed by atoms with E-state index in [0.717, 1.165) is 67.8 Å². The number of carbonyl (C=O) groups excluding carboxylic acids is 5. The number of aryl methyl sites for hydroxylation is 1. The summed E-state index contributed by atoms with van der Waals surface area (Å²) in [6.07, 6.45) is 5.22. The minimum Gasteiger partial charge on any atom is -0.508 e. The summed E-state index contributed by atoms with van der Waals surface area (Å²) in [5, 5.41) is 12.5. The number of nitrogens with zero attached hydrogens (tertiary/aromatic N) is 4. The Morgan fingerprint density at radius 1 is 0.797 bits per heavy atom. The second-order valence-electron chi connectivity index (χ2n) is 17.8. The number of imide groups is 2. The molecule has 1 spiro atoms. The molecule has 6 aliphatic rings. The smallest absolute Gasteiger partial charge is 0.262 e. The fraction of sp³-hybridized carbons (Fsp3) is 0.396. The average molecular weight is 792 g/mol. The lowest BCUT2D eigenvalue weighted by Gasteiger charge is -2.40. The van der Waals surface area contributed by atoms with E-state index in [2.05, 4.69) is 87.6 Å². The molecule has 5 aliphatic heterocycles. The molecule has 0 aromatic heterocycles. The summed E-state index contributed by atoms with van der Waals surface area (Å²) < 4.78 is 0. The fourth-order valence-corrected chi connectivity index (χ4v) is 11.3. The highest BCUT2D eigenvalue weighted by Gasteiger charge is 2.47. The van der Waals surface area contributed by atoms with Gasteiger partial charge in [0.1, 0.15) is 11.8 Å². The molecule has 1 aliphatic carbocycles. The van der Waals surface area contributed by atoms with Gasteiger partial charge < -0.3 is 14.9 Å². The van der Waals surface area contributed by atoms with Crippen molar-refractivity contribution in [1.29, 1.82) is 0 Å². The topological polar surface area (TPSA) is 131 Å². The summed E-state index contributed by atoms with van der Waals surface area (Å²) in [7, 11) is 0. The molecule has 0 bridgehead atoms. The van der Waals surface area contributed by atoms with Gasteiger partial charge in [-0.15, -0.1) is 0 Å². The van der Waals surface area contributed by atoms with E-state index in [1.165, 1.54) is 27.9 Å². The molecule has 11 heteroatoms. The van der Waals surface area contributed by atoms with Crippen molar-refractivity contribution >= 4 is 35.2 Å². The van der Waals surface area contributed by atoms with E-state index in [1.54, 1.807) is 12.1 Å². The van der Waals surface area contributed by atoms with Gasteiger partial charge in [0.15, 0.2) is 0 Å². The number of piperidine rings is 2. The maximum Gasteiger partial charge on any atom is 0.262 e. The van der Waals surface area contributed by atoms with Crippen LogP contribution in [0.5, 0.6) is 5.75 Å². The van der Waals surface area contributed by atoms with Gasteiger partial charge in [-0.3, -0.25) is 39.1 Å². The Kier molecular flexibility index (Phi) is 9.19. The molecule has 4 atom stereocenters. The first-order chi connectivity index (χ1) is 28.5. The number of hydrogen-bond acceptors (Lipinski definition) is 8. The summed E-state index contributed by atoms with van der Waals surface area (Å²) in [4.78, 5) is 72.5. The quantitative estimate of drug-likeness (QED) is 0.232. The van der Waals surface area contributed by atoms with E-state index >= 15 is 0 Å². The number of anilines is 1. The third-order valence-electron chi connectivity index (χ3n) is 14.3. The normalized spacial score (nSPS) is 25.0. The van der Waals surface area contributed by atoms with Gasteiger partial charge in [-0.1, -0.05) is 48.5 Å². The fourth-order valence-electron chi connectivity index (χ4n) is 11.3. The predicted octanol–water partition coefficient (Wildman–Crippen LogP) is 5.88. The molecule has 3 saturated heterocycles. The monoisotopic (exact) mass is 791 g/mol. The number of phenolic OH excluding ortho intramolecular Hbond substituents is 1. The van der Waals surface area contributed by atoms with E-state index in [0.29, 0.717) is 24.8 Å². The highest BCUT2D eigenvalue weighted by Crippen LogP contribution is 2.48. The number of fused-ring (bicyclic) bond motifs is 3. The Labute approximate surface area is 344 Å². The predicted molar refractivity (Wildman–Crippen MR) is 221 cm³/mol. The molecule has 3 fully saturated rings. The van der Waals surface area contributed by atoms with Gasteiger partial charge >= 0.3 is 0 Å². The largest absolute Gasteiger partial charge is 0.508 e. The summed E-state index contributed by atoms with van der Waals surface area (Å²) in [6, 6.07) is 28.5. The van der Waals surface area contributed by atoms with E-state index < -0.39 is 29.7 Å². The molecular formula is C48H49N5O6. The summed E-state index contributed by atoms with van der Waals surface area (Å²) in [5.74, 6) is -1.04. The van der Waals surface area contributed by atoms with Crippen LogP contribution >= 0.6 is 0 Å². The molecule has 0 radical (unpaired) electrons. The highest BCUT2D eigenvalue weighted by atomic mass is 16.3. The number of rotatable bonds is 6. The van der Waals surface area contributed by atoms with Crippen LogP contribution in [0, 0.1) is 5.41 Å². The first-order valence-electron chi connectivity index (χ1n) is 21.1. The van der Waals surface area contributed by atoms with Gasteiger partial charge in [0.2, 0.25) is 17.7 Å². The van der Waals surface area contributed by atoms with Crippen LogP contribution in [-0.2, 0) is 33.9 Å². The molecular weight excluding hydrogens is 743 g/mol. The van der Waals surface area contributed by atoms with Gasteiger partial charge in [-0.05, 0) is 127 Å². The second kappa shape index (κ2) is 14.5. The zero-order valence-corrected chi connectivity index (χ0v) is 33.4. The number of benzene rings is 4. The Balaban J connectivity index is 0.765. The van der Waals surface area contributed by atoms with Crippen molar-refractivity contribution in [3.8, 4) is 5.75 Å². The van der Waals surface area contributed by atoms with Crippen LogP contribution in [0.2, 0.25) is 0 Å². The number of likely N-dealkylation sites (tertiary alicyclic amines) is 1. The van der Waals surface area contributed by atoms with Crippen molar-refractivity contribution in [2.24, 2.45) is 5.41 Å². The molecule has 302 valence electrons. The van der Waals surface area contributed by atoms with Crippen molar-refractivity contribution in [3.63, 3.8) is 0 Å². The number of amides is 5. The first-order valence-corrected chi connectivity index (χ1v) is 21.1. The first kappa shape index (κ1) is 37.5. The molecule has 10 rings (SSSR count). The highest BCUT2D eigenvalue weighted by molar-refractivity contribution is 6.23. The van der Waals surface area contributed by atoms with Gasteiger partial charge in [-0.25, -0.2) is 0 Å². The molecule has 11 nitrogen and oxygen atoms in total. The number of carbonyl (C=O) groups is 5. The van der Waals surface area contributed by atoms with Crippen LogP contribution in [0.25, 0.3) is 0 Å². The van der Waals surface area contributed by atoms with Crippen molar-refractivity contribution in [3.05, 3.63) is 129 Å². The molecule has 4 aromatic rings. The van der Waals surface area contributed by atoms with E-state index in [-0.39, 0.29) is 53.8 Å². The summed E-state index contributed by atoms with van der Waals surface area (Å²) >= 11 is 0. The average Bonchev–Trinajstić information content (AvgIpc) is 3.86. The lowest BCUT2D eigenvalue weighted by atomic mass is 9.69. The Bertz CT molecular complexity index is 2340. The van der Waals surface area contributed by atoms with Gasteiger partial charge in [0.05, 0.1) is 17.7 Å². The van der Waals surface area contributed by atoms with Crippen molar-refractivity contribution in [2.75, 3.05) is 31.1 Å². The standard InChI is InChI=1S/C48H49N5O6/c1-29-24-48(28-52(29)43(56)27-50-25-33-22-39-40(23-34(33)26-50)47(59)53(46(39)58)41-15-16-42(55)49-45(41)57)17-19-51(20-18-48)35-10-7-31(8-11-35)44-37(30-5-3-2-4-6-30)13-9-32-21-36(54)12-14-38(32)44/h2-8,10-12,14,21-23,29,37,41,44,54H,9,13,15-20,24-28H2,1H3,(H,49,55,57)/t29-,37+,41?,44-/m0/s1. The van der Waals surface area contributed by atoms with Crippen LogP contribution in [-0.4, -0.2) is 87.6 Å². The number of nitrogens with one attached hydrogen (secondary N) is 1. The zero-order valence-electron chi connectivity index (χ0n) is 33.4. The molecule has 4 aromatic carbocycles. The Morgan fingerprint density at radius 2 is 1.49 bits per heavy atom. The lowest BCUT2D eigenvalue weighted by molar-refractivity contribution is -0.136. The van der Waals surface area contributed by atoms with E-state index in [4.69, 9.17) is 0 Å². The van der Waals surface area contributed by atoms with Gasteiger partial charge in [-0.2, -0.15) is 0 Å². The molecule has 0 saturated carbocycles. The van der Waals surface area contributed by atoms with Crippen molar-refractivity contribution in [1.82, 2.24) is 20.0 Å². The zero-order chi connectivity index (χ0) is 40.6. The second-order valence-corrected chi connectivity index (χ2v) is 17.8. The van der Waals surface area contributed by atoms with Crippen LogP contribution in [0.4, 0.5) is 5.69 Å². The number of aromatic hydroxyl groups is 1. The van der Waals surface area contributed by atoms with Crippen LogP contribution in [0.1, 0.15) is 111 Å². The summed E-state index contributed by atoms with van der Waals surface area (Å²) in [5.41, 5.74) is 8.88. The third-order valence-corrected chi connectivity index (χ3v) is 14.3. The number of hydrogen-bond donors (Lipinski definition) is 2. The Hall–Kier alpha value is -5.81. The number of phenols is 1. The SMILES string of the molecule is C[C@H]1CC2(CCN(c3ccc([C@@H]4c5ccc(O)cc5CC[C@@H]4c4ccccc4)cc3)CC2)CN1C(=O)CN1Cc2cc3c(cc2C1)C(=O)N(C1CCC(=O)NC1=O)C3=O. The van der Waals surface area contributed by atoms with Gasteiger partial charge in [0.25, 0.3) is 11.8 Å². The van der Waals surface area contributed by atoms with Crippen LogP contribution in [0.3, 0.4) is 0 Å². The van der Waals surface area contributed by atoms with E-state index in [1.807, 2.05) is 12.1 Å². The lowest BCUT2D eigenvalue weighted by Crippen LogP contribution is -2.54. The van der Waals surface area contributed by atoms with Crippen molar-refractivity contribution in [2.45, 2.75) is 88.9 Å². The third kappa shape index (κ3) is 6.59. The molecule has 5 amide bonds. The molecule has 1 unspecified atom stereocenters.